The summed E-state index contributed by atoms with van der Waals surface area (Å²) in [6.45, 7) is 1.90. The number of aliphatic carboxylic acids is 1. The van der Waals surface area contributed by atoms with Gasteiger partial charge in [-0.05, 0) is 6.92 Å². The lowest BCUT2D eigenvalue weighted by Crippen LogP contribution is -2.23. The van der Waals surface area contributed by atoms with Gasteiger partial charge < -0.3 is 19.3 Å². The van der Waals surface area contributed by atoms with Crippen molar-refractivity contribution < 1.29 is 28.9 Å². The summed E-state index contributed by atoms with van der Waals surface area (Å²) in [6, 6.07) is 0. The molecule has 0 rings (SSSR count). The monoisotopic (exact) mass is 220 g/mol. The maximum absolute atomic E-state index is 11.1. The Bertz CT molecular complexity index is 203. The molecule has 1 unspecified atom stereocenters. The minimum absolute atomic E-state index is 0.0443. The molecular weight excluding hydrogens is 204 g/mol. The molecule has 1 atom stereocenters. The van der Waals surface area contributed by atoms with Crippen molar-refractivity contribution in [3.8, 4) is 0 Å². The number of hydrogen-bond donors (Lipinski definition) is 1. The van der Waals surface area contributed by atoms with Crippen LogP contribution < -0.4 is 0 Å². The highest BCUT2D eigenvalue weighted by molar-refractivity contribution is 5.72. The molecule has 0 aromatic heterocycles. The van der Waals surface area contributed by atoms with E-state index in [0.717, 1.165) is 0 Å². The first-order valence-corrected chi connectivity index (χ1v) is 4.58. The Balaban J connectivity index is 3.98. The van der Waals surface area contributed by atoms with Crippen LogP contribution in [0.4, 0.5) is 0 Å². The van der Waals surface area contributed by atoms with Crippen molar-refractivity contribution >= 4 is 11.9 Å². The van der Waals surface area contributed by atoms with E-state index in [2.05, 4.69) is 9.47 Å². The summed E-state index contributed by atoms with van der Waals surface area (Å²) in [7, 11) is 1.42. The molecule has 0 aliphatic carbocycles. The van der Waals surface area contributed by atoms with Crippen LogP contribution >= 0.6 is 0 Å². The van der Waals surface area contributed by atoms with Crippen molar-refractivity contribution in [1.29, 1.82) is 0 Å². The van der Waals surface area contributed by atoms with Crippen LogP contribution in [0.2, 0.25) is 0 Å². The zero-order valence-corrected chi connectivity index (χ0v) is 8.89. The van der Waals surface area contributed by atoms with Gasteiger partial charge in [0.05, 0.1) is 25.6 Å². The maximum Gasteiger partial charge on any atom is 0.308 e. The van der Waals surface area contributed by atoms with Crippen molar-refractivity contribution in [2.24, 2.45) is 0 Å². The van der Waals surface area contributed by atoms with Crippen LogP contribution in [-0.4, -0.2) is 43.7 Å². The average Bonchev–Trinajstić information content (AvgIpc) is 2.13. The van der Waals surface area contributed by atoms with Crippen LogP contribution in [-0.2, 0) is 23.8 Å². The number of carbonyl (C=O) groups is 2. The Labute approximate surface area is 88.1 Å². The molecule has 0 aliphatic rings. The number of carboxylic acid groups (broad SMARTS) is 1. The minimum atomic E-state index is -1.03. The average molecular weight is 220 g/mol. The fraction of sp³-hybridized carbons (Fsp3) is 0.778. The van der Waals surface area contributed by atoms with Crippen LogP contribution in [0.1, 0.15) is 19.8 Å². The van der Waals surface area contributed by atoms with Gasteiger partial charge in [0.1, 0.15) is 6.79 Å². The largest absolute Gasteiger partial charge is 0.481 e. The van der Waals surface area contributed by atoms with Crippen molar-refractivity contribution in [2.75, 3.05) is 20.5 Å². The number of methoxy groups -OCH3 is 1. The van der Waals surface area contributed by atoms with E-state index < -0.39 is 18.0 Å². The number of ether oxygens (including phenoxy) is 3. The maximum atomic E-state index is 11.1. The molecule has 0 saturated heterocycles. The highest BCUT2D eigenvalue weighted by atomic mass is 16.7. The Morgan fingerprint density at radius 1 is 1.33 bits per heavy atom. The zero-order chi connectivity index (χ0) is 11.7. The Morgan fingerprint density at radius 2 is 2.00 bits per heavy atom. The van der Waals surface area contributed by atoms with E-state index in [1.807, 2.05) is 0 Å². The SMILES string of the molecule is CCOC(=O)CC(CC(=O)O)OCOC. The number of carbonyl (C=O) groups excluding carboxylic acids is 1. The van der Waals surface area contributed by atoms with E-state index in [1.54, 1.807) is 6.92 Å². The van der Waals surface area contributed by atoms with E-state index >= 15 is 0 Å². The molecule has 0 saturated carbocycles. The Kier molecular flexibility index (Phi) is 7.57. The lowest BCUT2D eigenvalue weighted by Gasteiger charge is -2.14. The van der Waals surface area contributed by atoms with E-state index in [9.17, 15) is 9.59 Å². The minimum Gasteiger partial charge on any atom is -0.481 e. The van der Waals surface area contributed by atoms with E-state index in [-0.39, 0.29) is 26.2 Å². The normalized spacial score (nSPS) is 12.1. The lowest BCUT2D eigenvalue weighted by atomic mass is 10.2. The van der Waals surface area contributed by atoms with Gasteiger partial charge in [-0.1, -0.05) is 0 Å². The van der Waals surface area contributed by atoms with Crippen molar-refractivity contribution in [3.63, 3.8) is 0 Å². The van der Waals surface area contributed by atoms with E-state index in [0.29, 0.717) is 0 Å². The van der Waals surface area contributed by atoms with Crippen molar-refractivity contribution in [1.82, 2.24) is 0 Å². The van der Waals surface area contributed by atoms with Crippen molar-refractivity contribution in [3.05, 3.63) is 0 Å². The van der Waals surface area contributed by atoms with Crippen LogP contribution in [0.3, 0.4) is 0 Å². The van der Waals surface area contributed by atoms with Gasteiger partial charge >= 0.3 is 11.9 Å². The molecule has 0 bridgehead atoms. The smallest absolute Gasteiger partial charge is 0.308 e. The molecule has 0 radical (unpaired) electrons. The molecule has 0 aliphatic heterocycles. The zero-order valence-electron chi connectivity index (χ0n) is 8.89. The molecule has 6 heteroatoms. The second kappa shape index (κ2) is 8.19. The third kappa shape index (κ3) is 7.90. The third-order valence-corrected chi connectivity index (χ3v) is 1.52. The van der Waals surface area contributed by atoms with Gasteiger partial charge in [0.2, 0.25) is 0 Å². The molecule has 6 nitrogen and oxygen atoms in total. The third-order valence-electron chi connectivity index (χ3n) is 1.52. The quantitative estimate of drug-likeness (QED) is 0.471. The molecule has 0 heterocycles. The summed E-state index contributed by atoms with van der Waals surface area (Å²) in [4.78, 5) is 21.5. The lowest BCUT2D eigenvalue weighted by molar-refractivity contribution is -0.152. The highest BCUT2D eigenvalue weighted by Crippen LogP contribution is 2.05. The number of rotatable bonds is 8. The first-order valence-electron chi connectivity index (χ1n) is 4.58. The second-order valence-corrected chi connectivity index (χ2v) is 2.80. The molecule has 0 fully saturated rings. The van der Waals surface area contributed by atoms with Gasteiger partial charge in [-0.2, -0.15) is 0 Å². The summed E-state index contributed by atoms with van der Waals surface area (Å²) < 4.78 is 14.3. The number of hydrogen-bond acceptors (Lipinski definition) is 5. The van der Waals surface area contributed by atoms with Gasteiger partial charge in [0.25, 0.3) is 0 Å². The Morgan fingerprint density at radius 3 is 2.47 bits per heavy atom. The molecule has 0 aromatic rings. The summed E-state index contributed by atoms with van der Waals surface area (Å²) >= 11 is 0. The van der Waals surface area contributed by atoms with Gasteiger partial charge in [-0.25, -0.2) is 0 Å². The van der Waals surface area contributed by atoms with Gasteiger partial charge in [-0.15, -0.1) is 0 Å². The standard InChI is InChI=1S/C9H16O6/c1-3-14-9(12)5-7(4-8(10)11)15-6-13-2/h7H,3-6H2,1-2H3,(H,10,11). The fourth-order valence-corrected chi connectivity index (χ4v) is 0.955. The van der Waals surface area contributed by atoms with Gasteiger partial charge in [0.15, 0.2) is 0 Å². The van der Waals surface area contributed by atoms with Crippen molar-refractivity contribution in [2.45, 2.75) is 25.9 Å². The Hall–Kier alpha value is -1.14. The molecule has 88 valence electrons. The van der Waals surface area contributed by atoms with Crippen LogP contribution in [0.25, 0.3) is 0 Å². The molecule has 1 N–H and O–H groups in total. The van der Waals surface area contributed by atoms with Crippen LogP contribution in [0.5, 0.6) is 0 Å². The number of esters is 1. The van der Waals surface area contributed by atoms with Gasteiger partial charge in [-0.3, -0.25) is 9.59 Å². The molecule has 0 amide bonds. The molecule has 15 heavy (non-hydrogen) atoms. The molecular formula is C9H16O6. The molecule has 0 spiro atoms. The first-order chi connectivity index (χ1) is 7.10. The summed E-state index contributed by atoms with van der Waals surface area (Å²) in [5, 5.41) is 8.55. The highest BCUT2D eigenvalue weighted by Gasteiger charge is 2.18. The number of carboxylic acids is 1. The summed E-state index contributed by atoms with van der Waals surface area (Å²) in [6.07, 6.45) is -1.03. The van der Waals surface area contributed by atoms with E-state index in [4.69, 9.17) is 9.84 Å². The van der Waals surface area contributed by atoms with Gasteiger partial charge in [0, 0.05) is 7.11 Å². The topological polar surface area (TPSA) is 82.1 Å². The van der Waals surface area contributed by atoms with E-state index in [1.165, 1.54) is 7.11 Å². The van der Waals surface area contributed by atoms with Crippen LogP contribution in [0, 0.1) is 0 Å². The summed E-state index contributed by atoms with van der Waals surface area (Å²) in [5.41, 5.74) is 0. The fourth-order valence-electron chi connectivity index (χ4n) is 0.955. The predicted molar refractivity (Wildman–Crippen MR) is 50.3 cm³/mol. The second-order valence-electron chi connectivity index (χ2n) is 2.80. The first kappa shape index (κ1) is 13.9. The molecule has 0 aromatic carbocycles. The predicted octanol–water partition coefficient (Wildman–Crippen LogP) is 0.403. The van der Waals surface area contributed by atoms with Crippen LogP contribution in [0.15, 0.2) is 0 Å². The summed E-state index contributed by atoms with van der Waals surface area (Å²) in [5.74, 6) is -1.50.